The third-order valence-electron chi connectivity index (χ3n) is 2.97. The molecule has 0 aromatic heterocycles. The lowest BCUT2D eigenvalue weighted by atomic mass is 10.1. The fourth-order valence-corrected chi connectivity index (χ4v) is 2.11. The van der Waals surface area contributed by atoms with E-state index >= 15 is 0 Å². The maximum absolute atomic E-state index is 8.80. The van der Waals surface area contributed by atoms with Crippen molar-refractivity contribution in [1.29, 1.82) is 5.26 Å². The van der Waals surface area contributed by atoms with Crippen molar-refractivity contribution in [3.05, 3.63) is 64.2 Å². The van der Waals surface area contributed by atoms with Gasteiger partial charge in [0.2, 0.25) is 0 Å². The molecule has 0 amide bonds. The van der Waals surface area contributed by atoms with Gasteiger partial charge in [0, 0.05) is 22.2 Å². The summed E-state index contributed by atoms with van der Waals surface area (Å²) in [6.07, 6.45) is 0. The molecule has 0 spiro atoms. The van der Waals surface area contributed by atoms with Crippen LogP contribution in [0.25, 0.3) is 0 Å². The molecule has 0 heterocycles. The summed E-state index contributed by atoms with van der Waals surface area (Å²) in [5.41, 5.74) is 8.24. The molecule has 0 bridgehead atoms. The topological polar surface area (TPSA) is 59.0 Å². The second kappa shape index (κ2) is 6.42. The fraction of sp³-hybridized carbons (Fsp3) is 0.188. The van der Waals surface area contributed by atoms with Crippen molar-refractivity contribution in [2.45, 2.75) is 19.6 Å². The molecule has 0 saturated heterocycles. The lowest BCUT2D eigenvalue weighted by Gasteiger charge is -2.14. The lowest BCUT2D eigenvalue weighted by Crippen LogP contribution is -2.08. The smallest absolute Gasteiger partial charge is 0.124 e. The molecule has 0 aliphatic carbocycles. The molecule has 102 valence electrons. The molecule has 20 heavy (non-hydrogen) atoms. The predicted octanol–water partition coefficient (Wildman–Crippen LogP) is 3.81. The van der Waals surface area contributed by atoms with Crippen molar-refractivity contribution >= 4 is 11.6 Å². The van der Waals surface area contributed by atoms with E-state index in [4.69, 9.17) is 27.3 Å². The van der Waals surface area contributed by atoms with Gasteiger partial charge in [-0.2, -0.15) is 5.26 Å². The van der Waals surface area contributed by atoms with Crippen LogP contribution in [-0.2, 0) is 6.61 Å². The summed E-state index contributed by atoms with van der Waals surface area (Å²) in [5, 5.41) is 9.33. The first-order valence-corrected chi connectivity index (χ1v) is 6.65. The van der Waals surface area contributed by atoms with Crippen molar-refractivity contribution in [2.24, 2.45) is 5.73 Å². The minimum atomic E-state index is -0.0948. The quantitative estimate of drug-likeness (QED) is 0.930. The SMILES string of the molecule is C[C@@H](N)c1ccccc1OCc1ccc(C#N)cc1Cl. The summed E-state index contributed by atoms with van der Waals surface area (Å²) in [6, 6.07) is 14.8. The summed E-state index contributed by atoms with van der Waals surface area (Å²) in [4.78, 5) is 0. The van der Waals surface area contributed by atoms with Crippen LogP contribution in [0.15, 0.2) is 42.5 Å². The van der Waals surface area contributed by atoms with Crippen LogP contribution in [0.5, 0.6) is 5.75 Å². The minimum absolute atomic E-state index is 0.0948. The highest BCUT2D eigenvalue weighted by atomic mass is 35.5. The Kier molecular flexibility index (Phi) is 4.62. The number of hydrogen-bond acceptors (Lipinski definition) is 3. The van der Waals surface area contributed by atoms with E-state index in [0.717, 1.165) is 16.9 Å². The standard InChI is InChI=1S/C16H15ClN2O/c1-11(19)14-4-2-3-5-16(14)20-10-13-7-6-12(9-18)8-15(13)17/h2-8,11H,10,19H2,1H3/t11-/m1/s1. The second-order valence-corrected chi connectivity index (χ2v) is 4.94. The van der Waals surface area contributed by atoms with E-state index < -0.39 is 0 Å². The summed E-state index contributed by atoms with van der Waals surface area (Å²) >= 11 is 6.12. The summed E-state index contributed by atoms with van der Waals surface area (Å²) in [5.74, 6) is 0.753. The number of para-hydroxylation sites is 1. The zero-order valence-corrected chi connectivity index (χ0v) is 11.9. The number of ether oxygens (including phenoxy) is 1. The van der Waals surface area contributed by atoms with Crippen LogP contribution in [0.2, 0.25) is 5.02 Å². The minimum Gasteiger partial charge on any atom is -0.489 e. The number of nitrogens with two attached hydrogens (primary N) is 1. The number of nitrogens with zero attached hydrogens (tertiary/aromatic N) is 1. The Morgan fingerprint density at radius 2 is 2.05 bits per heavy atom. The van der Waals surface area contributed by atoms with Gasteiger partial charge in [-0.15, -0.1) is 0 Å². The van der Waals surface area contributed by atoms with Gasteiger partial charge in [0.15, 0.2) is 0 Å². The van der Waals surface area contributed by atoms with Crippen molar-refractivity contribution < 1.29 is 4.74 Å². The lowest BCUT2D eigenvalue weighted by molar-refractivity contribution is 0.301. The van der Waals surface area contributed by atoms with E-state index in [2.05, 4.69) is 6.07 Å². The van der Waals surface area contributed by atoms with Gasteiger partial charge < -0.3 is 10.5 Å². The normalized spacial score (nSPS) is 11.7. The molecule has 4 heteroatoms. The van der Waals surface area contributed by atoms with Crippen molar-refractivity contribution in [3.63, 3.8) is 0 Å². The molecule has 3 nitrogen and oxygen atoms in total. The maximum Gasteiger partial charge on any atom is 0.124 e. The zero-order valence-electron chi connectivity index (χ0n) is 11.1. The Hall–Kier alpha value is -2.02. The molecule has 2 N–H and O–H groups in total. The number of nitriles is 1. The van der Waals surface area contributed by atoms with Crippen molar-refractivity contribution in [2.75, 3.05) is 0 Å². The molecule has 0 aliphatic rings. The van der Waals surface area contributed by atoms with Gasteiger partial charge in [0.05, 0.1) is 11.6 Å². The first-order chi connectivity index (χ1) is 9.61. The van der Waals surface area contributed by atoms with Gasteiger partial charge in [-0.05, 0) is 25.1 Å². The van der Waals surface area contributed by atoms with Gasteiger partial charge in [-0.1, -0.05) is 35.9 Å². The maximum atomic E-state index is 8.80. The molecule has 1 atom stereocenters. The third kappa shape index (κ3) is 3.30. The summed E-state index contributed by atoms with van der Waals surface area (Å²) in [7, 11) is 0. The third-order valence-corrected chi connectivity index (χ3v) is 3.33. The van der Waals surface area contributed by atoms with E-state index in [1.54, 1.807) is 18.2 Å². The van der Waals surface area contributed by atoms with Crippen LogP contribution in [0.1, 0.15) is 29.7 Å². The van der Waals surface area contributed by atoms with Crippen LogP contribution in [0.3, 0.4) is 0 Å². The Morgan fingerprint density at radius 3 is 2.70 bits per heavy atom. The fourth-order valence-electron chi connectivity index (χ4n) is 1.88. The second-order valence-electron chi connectivity index (χ2n) is 4.53. The summed E-state index contributed by atoms with van der Waals surface area (Å²) < 4.78 is 5.79. The van der Waals surface area contributed by atoms with Crippen LogP contribution in [-0.4, -0.2) is 0 Å². The van der Waals surface area contributed by atoms with Crippen LogP contribution < -0.4 is 10.5 Å². The predicted molar refractivity (Wildman–Crippen MR) is 79.5 cm³/mol. The molecule has 0 unspecified atom stereocenters. The monoisotopic (exact) mass is 286 g/mol. The van der Waals surface area contributed by atoms with E-state index in [9.17, 15) is 0 Å². The van der Waals surface area contributed by atoms with E-state index in [-0.39, 0.29) is 6.04 Å². The highest BCUT2D eigenvalue weighted by Crippen LogP contribution is 2.25. The Bertz CT molecular complexity index is 647. The highest BCUT2D eigenvalue weighted by molar-refractivity contribution is 6.31. The molecular formula is C16H15ClN2O. The molecule has 2 rings (SSSR count). The van der Waals surface area contributed by atoms with Crippen molar-refractivity contribution in [3.8, 4) is 11.8 Å². The van der Waals surface area contributed by atoms with Gasteiger partial charge in [0.25, 0.3) is 0 Å². The molecule has 2 aromatic carbocycles. The van der Waals surface area contributed by atoms with E-state index in [1.165, 1.54) is 0 Å². The number of rotatable bonds is 4. The van der Waals surface area contributed by atoms with E-state index in [1.807, 2.05) is 31.2 Å². The van der Waals surface area contributed by atoms with Crippen LogP contribution in [0, 0.1) is 11.3 Å². The Labute approximate surface area is 123 Å². The first kappa shape index (κ1) is 14.4. The van der Waals surface area contributed by atoms with E-state index in [0.29, 0.717) is 17.2 Å². The number of benzene rings is 2. The van der Waals surface area contributed by atoms with Gasteiger partial charge in [0.1, 0.15) is 12.4 Å². The molecule has 0 fully saturated rings. The first-order valence-electron chi connectivity index (χ1n) is 6.27. The average molecular weight is 287 g/mol. The zero-order chi connectivity index (χ0) is 14.5. The Balaban J connectivity index is 2.15. The molecule has 2 aromatic rings. The van der Waals surface area contributed by atoms with Crippen molar-refractivity contribution in [1.82, 2.24) is 0 Å². The largest absolute Gasteiger partial charge is 0.489 e. The van der Waals surface area contributed by atoms with Gasteiger partial charge in [-0.25, -0.2) is 0 Å². The number of hydrogen-bond donors (Lipinski definition) is 1. The summed E-state index contributed by atoms with van der Waals surface area (Å²) in [6.45, 7) is 2.26. The van der Waals surface area contributed by atoms with Gasteiger partial charge >= 0.3 is 0 Å². The van der Waals surface area contributed by atoms with Crippen LogP contribution in [0.4, 0.5) is 0 Å². The van der Waals surface area contributed by atoms with Crippen LogP contribution >= 0.6 is 11.6 Å². The molecule has 0 radical (unpaired) electrons. The molecule has 0 saturated carbocycles. The molecule has 0 aliphatic heterocycles. The molecular weight excluding hydrogens is 272 g/mol. The average Bonchev–Trinajstić information content (AvgIpc) is 2.46. The Morgan fingerprint density at radius 1 is 1.30 bits per heavy atom. The van der Waals surface area contributed by atoms with Gasteiger partial charge in [-0.3, -0.25) is 0 Å². The number of halogens is 1. The highest BCUT2D eigenvalue weighted by Gasteiger charge is 2.08.